The van der Waals surface area contributed by atoms with E-state index in [4.69, 9.17) is 22.1 Å². The number of rotatable bonds is 4. The number of anilines is 1. The van der Waals surface area contributed by atoms with Gasteiger partial charge >= 0.3 is 0 Å². The minimum atomic E-state index is 0.428. The number of alkyl halides is 1. The highest BCUT2D eigenvalue weighted by atomic mass is 35.5. The summed E-state index contributed by atoms with van der Waals surface area (Å²) in [6, 6.07) is 7.79. The zero-order valence-electron chi connectivity index (χ0n) is 11.5. The maximum Gasteiger partial charge on any atom is 0.151 e. The van der Waals surface area contributed by atoms with E-state index in [1.807, 2.05) is 29.6 Å². The fourth-order valence-electron chi connectivity index (χ4n) is 2.22. The Balaban J connectivity index is 2.20. The summed E-state index contributed by atoms with van der Waals surface area (Å²) in [4.78, 5) is 10.1. The first kappa shape index (κ1) is 14.1. The summed E-state index contributed by atoms with van der Waals surface area (Å²) in [5.74, 6) is 1.72. The Morgan fingerprint density at radius 3 is 2.76 bits per heavy atom. The lowest BCUT2D eigenvalue weighted by Gasteiger charge is -2.10. The zero-order chi connectivity index (χ0) is 14.8. The normalized spacial score (nSPS) is 11.0. The molecule has 0 saturated heterocycles. The molecule has 0 aliphatic heterocycles. The van der Waals surface area contributed by atoms with Crippen molar-refractivity contribution >= 4 is 39.8 Å². The molecule has 0 fully saturated rings. The van der Waals surface area contributed by atoms with Gasteiger partial charge in [0.15, 0.2) is 5.82 Å². The molecule has 3 aromatic rings. The predicted molar refractivity (Wildman–Crippen MR) is 88.2 cm³/mol. The van der Waals surface area contributed by atoms with Gasteiger partial charge in [0.1, 0.15) is 11.4 Å². The first-order valence-electron chi connectivity index (χ1n) is 6.47. The number of halogens is 1. The second-order valence-corrected chi connectivity index (χ2v) is 5.85. The number of hydrogen-bond donors (Lipinski definition) is 1. The van der Waals surface area contributed by atoms with Crippen molar-refractivity contribution in [2.24, 2.45) is 0 Å². The summed E-state index contributed by atoms with van der Waals surface area (Å²) in [5.41, 5.74) is 9.31. The molecule has 108 valence electrons. The minimum Gasteiger partial charge on any atom is -0.496 e. The number of benzene rings is 1. The number of methoxy groups -OCH3 is 1. The lowest BCUT2D eigenvalue weighted by molar-refractivity contribution is 0.411. The number of nitrogens with zero attached hydrogens (tertiary/aromatic N) is 2. The largest absolute Gasteiger partial charge is 0.496 e. The molecule has 3 rings (SSSR count). The van der Waals surface area contributed by atoms with Gasteiger partial charge in [-0.25, -0.2) is 9.97 Å². The van der Waals surface area contributed by atoms with Gasteiger partial charge in [-0.05, 0) is 29.5 Å². The van der Waals surface area contributed by atoms with E-state index in [9.17, 15) is 0 Å². The van der Waals surface area contributed by atoms with Crippen LogP contribution in [0.2, 0.25) is 0 Å². The minimum absolute atomic E-state index is 0.428. The first-order chi connectivity index (χ1) is 10.2. The van der Waals surface area contributed by atoms with Gasteiger partial charge in [-0.2, -0.15) is 0 Å². The number of nitrogen functional groups attached to an aromatic ring is 1. The summed E-state index contributed by atoms with van der Waals surface area (Å²) >= 11 is 7.44. The number of aromatic nitrogens is 2. The van der Waals surface area contributed by atoms with Gasteiger partial charge in [-0.1, -0.05) is 6.07 Å². The van der Waals surface area contributed by atoms with Crippen LogP contribution in [0, 0.1) is 0 Å². The van der Waals surface area contributed by atoms with Crippen LogP contribution >= 0.6 is 22.9 Å². The summed E-state index contributed by atoms with van der Waals surface area (Å²) < 4.78 is 5.38. The molecule has 4 nitrogen and oxygen atoms in total. The molecule has 2 N–H and O–H groups in total. The number of thiophene rings is 1. The molecule has 2 heterocycles. The Labute approximate surface area is 131 Å². The van der Waals surface area contributed by atoms with Gasteiger partial charge in [-0.15, -0.1) is 22.9 Å². The second-order valence-electron chi connectivity index (χ2n) is 4.53. The van der Waals surface area contributed by atoms with E-state index in [2.05, 4.69) is 9.97 Å². The van der Waals surface area contributed by atoms with E-state index in [1.54, 1.807) is 18.4 Å². The van der Waals surface area contributed by atoms with Crippen molar-refractivity contribution in [1.82, 2.24) is 9.97 Å². The summed E-state index contributed by atoms with van der Waals surface area (Å²) in [6.45, 7) is 0. The third-order valence-corrected chi connectivity index (χ3v) is 4.28. The monoisotopic (exact) mass is 319 g/mol. The lowest BCUT2D eigenvalue weighted by atomic mass is 10.1. The van der Waals surface area contributed by atoms with Gasteiger partial charge < -0.3 is 10.5 Å². The van der Waals surface area contributed by atoms with Gasteiger partial charge in [0.05, 0.1) is 23.0 Å². The molecule has 0 amide bonds. The molecule has 0 unspecified atom stereocenters. The Kier molecular flexibility index (Phi) is 3.94. The Hall–Kier alpha value is -1.85. The third kappa shape index (κ3) is 2.66. The standard InChI is InChI=1S/C15H14ClN3OS/c1-20-12-8-11-10(7-9(12)4-5-16)18-14(15(17)19-11)13-3-2-6-21-13/h2-3,6-8H,4-5H2,1H3,(H2,17,19). The first-order valence-corrected chi connectivity index (χ1v) is 7.88. The molecular formula is C15H14ClN3OS. The Morgan fingerprint density at radius 1 is 1.29 bits per heavy atom. The van der Waals surface area contributed by atoms with Gasteiger partial charge in [-0.3, -0.25) is 0 Å². The van der Waals surface area contributed by atoms with Crippen molar-refractivity contribution in [3.63, 3.8) is 0 Å². The fourth-order valence-corrected chi connectivity index (χ4v) is 3.15. The van der Waals surface area contributed by atoms with Crippen molar-refractivity contribution in [1.29, 1.82) is 0 Å². The van der Waals surface area contributed by atoms with Crippen molar-refractivity contribution in [2.75, 3.05) is 18.7 Å². The second kappa shape index (κ2) is 5.87. The average Bonchev–Trinajstić information content (AvgIpc) is 3.00. The number of hydrogen-bond acceptors (Lipinski definition) is 5. The highest BCUT2D eigenvalue weighted by Crippen LogP contribution is 2.31. The molecule has 1 aromatic carbocycles. The summed E-state index contributed by atoms with van der Waals surface area (Å²) in [6.07, 6.45) is 0.723. The van der Waals surface area contributed by atoms with E-state index in [0.717, 1.165) is 39.3 Å². The molecule has 0 radical (unpaired) electrons. The zero-order valence-corrected chi connectivity index (χ0v) is 13.0. The smallest absolute Gasteiger partial charge is 0.151 e. The van der Waals surface area contributed by atoms with Crippen LogP contribution in [0.25, 0.3) is 21.6 Å². The fraction of sp³-hybridized carbons (Fsp3) is 0.200. The summed E-state index contributed by atoms with van der Waals surface area (Å²) in [7, 11) is 1.63. The number of ether oxygens (including phenoxy) is 1. The number of fused-ring (bicyclic) bond motifs is 1. The van der Waals surface area contributed by atoms with E-state index in [0.29, 0.717) is 11.7 Å². The SMILES string of the molecule is COc1cc2nc(N)c(-c3cccs3)nc2cc1CCCl. The third-order valence-electron chi connectivity index (χ3n) is 3.21. The van der Waals surface area contributed by atoms with Crippen molar-refractivity contribution in [3.05, 3.63) is 35.2 Å². The summed E-state index contributed by atoms with van der Waals surface area (Å²) in [5, 5.41) is 1.99. The molecule has 0 atom stereocenters. The van der Waals surface area contributed by atoms with Crippen LogP contribution in [0.5, 0.6) is 5.75 Å². The van der Waals surface area contributed by atoms with Crippen LogP contribution in [0.15, 0.2) is 29.6 Å². The van der Waals surface area contributed by atoms with Crippen LogP contribution in [-0.4, -0.2) is 23.0 Å². The molecule has 0 bridgehead atoms. The maximum absolute atomic E-state index is 6.04. The van der Waals surface area contributed by atoms with Crippen LogP contribution in [-0.2, 0) is 6.42 Å². The maximum atomic E-state index is 6.04. The van der Waals surface area contributed by atoms with Crippen LogP contribution in [0.4, 0.5) is 5.82 Å². The quantitative estimate of drug-likeness (QED) is 0.744. The molecular weight excluding hydrogens is 306 g/mol. The highest BCUT2D eigenvalue weighted by molar-refractivity contribution is 7.13. The Bertz CT molecular complexity index is 774. The molecule has 0 spiro atoms. The van der Waals surface area contributed by atoms with E-state index in [-0.39, 0.29) is 0 Å². The molecule has 0 aliphatic carbocycles. The van der Waals surface area contributed by atoms with Crippen molar-refractivity contribution in [3.8, 4) is 16.3 Å². The molecule has 21 heavy (non-hydrogen) atoms. The average molecular weight is 320 g/mol. The molecule has 0 saturated carbocycles. The molecule has 2 aromatic heterocycles. The predicted octanol–water partition coefficient (Wildman–Crippen LogP) is 3.73. The van der Waals surface area contributed by atoms with Crippen LogP contribution < -0.4 is 10.5 Å². The van der Waals surface area contributed by atoms with Crippen molar-refractivity contribution < 1.29 is 4.74 Å². The lowest BCUT2D eigenvalue weighted by Crippen LogP contribution is -2.00. The topological polar surface area (TPSA) is 61.0 Å². The number of aryl methyl sites for hydroxylation is 1. The molecule has 6 heteroatoms. The van der Waals surface area contributed by atoms with Crippen LogP contribution in [0.3, 0.4) is 0 Å². The van der Waals surface area contributed by atoms with Crippen LogP contribution in [0.1, 0.15) is 5.56 Å². The van der Waals surface area contributed by atoms with E-state index < -0.39 is 0 Å². The van der Waals surface area contributed by atoms with Gasteiger partial charge in [0.2, 0.25) is 0 Å². The highest BCUT2D eigenvalue weighted by Gasteiger charge is 2.12. The van der Waals surface area contributed by atoms with Gasteiger partial charge in [0, 0.05) is 11.9 Å². The van der Waals surface area contributed by atoms with E-state index >= 15 is 0 Å². The van der Waals surface area contributed by atoms with E-state index in [1.165, 1.54) is 0 Å². The van der Waals surface area contributed by atoms with Gasteiger partial charge in [0.25, 0.3) is 0 Å². The number of nitrogens with two attached hydrogens (primary N) is 1. The Morgan fingerprint density at radius 2 is 2.10 bits per heavy atom. The van der Waals surface area contributed by atoms with Crippen molar-refractivity contribution in [2.45, 2.75) is 6.42 Å². The molecule has 0 aliphatic rings.